The van der Waals surface area contributed by atoms with Crippen molar-refractivity contribution >= 4 is 28.8 Å². The molecule has 0 bridgehead atoms. The fraction of sp³-hybridized carbons (Fsp3) is 0.333. The van der Waals surface area contributed by atoms with Crippen molar-refractivity contribution in [2.24, 2.45) is 0 Å². The van der Waals surface area contributed by atoms with Gasteiger partial charge >= 0.3 is 0 Å². The summed E-state index contributed by atoms with van der Waals surface area (Å²) in [5.74, 6) is 0.404. The summed E-state index contributed by atoms with van der Waals surface area (Å²) in [4.78, 5) is 5.55. The highest BCUT2D eigenvalue weighted by Crippen LogP contribution is 2.14. The Kier molecular flexibility index (Phi) is 3.10. The van der Waals surface area contributed by atoms with E-state index in [1.54, 1.807) is 11.3 Å². The maximum Gasteiger partial charge on any atom is 0.232 e. The van der Waals surface area contributed by atoms with Crippen molar-refractivity contribution in [2.75, 3.05) is 5.73 Å². The molecule has 0 fully saturated rings. The summed E-state index contributed by atoms with van der Waals surface area (Å²) >= 11 is 3.21. The number of hydrogen-bond donors (Lipinski definition) is 1. The number of nitrogens with two attached hydrogens (primary N) is 1. The van der Waals surface area contributed by atoms with Crippen molar-refractivity contribution in [2.45, 2.75) is 19.3 Å². The van der Waals surface area contributed by atoms with Gasteiger partial charge in [0.2, 0.25) is 5.95 Å². The van der Waals surface area contributed by atoms with Crippen LogP contribution in [0.5, 0.6) is 0 Å². The molecule has 2 N–H and O–H groups in total. The van der Waals surface area contributed by atoms with Gasteiger partial charge in [-0.3, -0.25) is 0 Å². The minimum absolute atomic E-state index is 0.404. The molecular weight excluding hydrogens is 214 g/mol. The van der Waals surface area contributed by atoms with Crippen molar-refractivity contribution in [1.29, 1.82) is 0 Å². The van der Waals surface area contributed by atoms with Crippen molar-refractivity contribution in [3.63, 3.8) is 0 Å². The highest BCUT2D eigenvalue weighted by molar-refractivity contribution is 7.09. The predicted octanol–water partition coefficient (Wildman–Crippen LogP) is 2.36. The standard InChI is InChI=1S/C9H11N3S2/c10-9-11-8(14-12-9)5-1-3-7-4-2-6-13-7/h2,4,6H,1,3,5H2,(H2,10,12). The van der Waals surface area contributed by atoms with Gasteiger partial charge in [-0.2, -0.15) is 4.37 Å². The van der Waals surface area contributed by atoms with Crippen LogP contribution in [0.3, 0.4) is 0 Å². The maximum absolute atomic E-state index is 5.44. The lowest BCUT2D eigenvalue weighted by Crippen LogP contribution is -1.89. The Morgan fingerprint density at radius 2 is 2.29 bits per heavy atom. The second-order valence-electron chi connectivity index (χ2n) is 2.98. The van der Waals surface area contributed by atoms with Gasteiger partial charge in [-0.15, -0.1) is 11.3 Å². The Bertz CT molecular complexity index is 380. The summed E-state index contributed by atoms with van der Waals surface area (Å²) in [5, 5.41) is 3.15. The van der Waals surface area contributed by atoms with Crippen LogP contribution in [-0.2, 0) is 12.8 Å². The van der Waals surface area contributed by atoms with E-state index < -0.39 is 0 Å². The molecule has 3 nitrogen and oxygen atoms in total. The van der Waals surface area contributed by atoms with E-state index in [9.17, 15) is 0 Å². The molecule has 0 atom stereocenters. The molecule has 2 aromatic heterocycles. The van der Waals surface area contributed by atoms with Gasteiger partial charge in [-0.05, 0) is 35.8 Å². The fourth-order valence-corrected chi connectivity index (χ4v) is 2.60. The molecule has 0 aliphatic heterocycles. The monoisotopic (exact) mass is 225 g/mol. The second kappa shape index (κ2) is 4.52. The van der Waals surface area contributed by atoms with E-state index >= 15 is 0 Å². The third kappa shape index (κ3) is 2.52. The number of aromatic nitrogens is 2. The first-order valence-corrected chi connectivity index (χ1v) is 6.10. The zero-order chi connectivity index (χ0) is 9.80. The number of thiophene rings is 1. The molecule has 0 spiro atoms. The Morgan fingerprint density at radius 3 is 2.93 bits per heavy atom. The van der Waals surface area contributed by atoms with Crippen LogP contribution in [-0.4, -0.2) is 9.36 Å². The first kappa shape index (κ1) is 9.61. The van der Waals surface area contributed by atoms with Crippen molar-refractivity contribution in [3.05, 3.63) is 27.4 Å². The molecule has 2 heterocycles. The highest BCUT2D eigenvalue weighted by Gasteiger charge is 2.01. The predicted molar refractivity (Wildman–Crippen MR) is 60.7 cm³/mol. The molecule has 0 aliphatic carbocycles. The molecule has 2 aromatic rings. The molecule has 0 unspecified atom stereocenters. The Balaban J connectivity index is 1.78. The molecule has 74 valence electrons. The number of rotatable bonds is 4. The largest absolute Gasteiger partial charge is 0.367 e. The first-order valence-electron chi connectivity index (χ1n) is 4.45. The third-order valence-corrected chi connectivity index (χ3v) is 3.60. The van der Waals surface area contributed by atoms with Gasteiger partial charge in [0.25, 0.3) is 0 Å². The zero-order valence-corrected chi connectivity index (χ0v) is 9.27. The van der Waals surface area contributed by atoms with Crippen LogP contribution in [0.2, 0.25) is 0 Å². The smallest absolute Gasteiger partial charge is 0.232 e. The Labute approximate surface area is 90.8 Å². The average molecular weight is 225 g/mol. The lowest BCUT2D eigenvalue weighted by atomic mass is 10.2. The van der Waals surface area contributed by atoms with E-state index in [4.69, 9.17) is 5.73 Å². The van der Waals surface area contributed by atoms with E-state index in [1.807, 2.05) is 0 Å². The van der Waals surface area contributed by atoms with E-state index in [2.05, 4.69) is 26.9 Å². The van der Waals surface area contributed by atoms with Crippen LogP contribution in [0.1, 0.15) is 16.3 Å². The van der Waals surface area contributed by atoms with Crippen molar-refractivity contribution in [1.82, 2.24) is 9.36 Å². The molecule has 0 saturated carbocycles. The maximum atomic E-state index is 5.44. The summed E-state index contributed by atoms with van der Waals surface area (Å²) in [5.41, 5.74) is 5.44. The van der Waals surface area contributed by atoms with Gasteiger partial charge < -0.3 is 5.73 Å². The molecule has 14 heavy (non-hydrogen) atoms. The van der Waals surface area contributed by atoms with Gasteiger partial charge in [0.15, 0.2) is 0 Å². The molecule has 0 saturated heterocycles. The van der Waals surface area contributed by atoms with E-state index in [0.717, 1.165) is 24.3 Å². The molecule has 2 rings (SSSR count). The van der Waals surface area contributed by atoms with Gasteiger partial charge in [0, 0.05) is 11.3 Å². The van der Waals surface area contributed by atoms with Gasteiger partial charge in [-0.1, -0.05) is 6.07 Å². The van der Waals surface area contributed by atoms with E-state index in [1.165, 1.54) is 16.4 Å². The van der Waals surface area contributed by atoms with Gasteiger partial charge in [0.1, 0.15) is 5.01 Å². The Morgan fingerprint density at radius 1 is 1.36 bits per heavy atom. The number of nitrogen functional groups attached to an aromatic ring is 1. The summed E-state index contributed by atoms with van der Waals surface area (Å²) in [7, 11) is 0. The topological polar surface area (TPSA) is 51.8 Å². The summed E-state index contributed by atoms with van der Waals surface area (Å²) in [6.07, 6.45) is 3.22. The quantitative estimate of drug-likeness (QED) is 0.869. The summed E-state index contributed by atoms with van der Waals surface area (Å²) in [6, 6.07) is 4.25. The van der Waals surface area contributed by atoms with Crippen molar-refractivity contribution in [3.8, 4) is 0 Å². The SMILES string of the molecule is Nc1nsc(CCCc2cccs2)n1. The number of aryl methyl sites for hydroxylation is 2. The molecular formula is C9H11N3S2. The number of anilines is 1. The van der Waals surface area contributed by atoms with E-state index in [-0.39, 0.29) is 0 Å². The van der Waals surface area contributed by atoms with Crippen molar-refractivity contribution < 1.29 is 0 Å². The normalized spacial score (nSPS) is 10.6. The number of nitrogens with zero attached hydrogens (tertiary/aromatic N) is 2. The molecule has 0 aromatic carbocycles. The lowest BCUT2D eigenvalue weighted by molar-refractivity contribution is 0.825. The van der Waals surface area contributed by atoms with Crippen LogP contribution < -0.4 is 5.73 Å². The lowest BCUT2D eigenvalue weighted by Gasteiger charge is -1.94. The van der Waals surface area contributed by atoms with Gasteiger partial charge in [0.05, 0.1) is 0 Å². The van der Waals surface area contributed by atoms with E-state index in [0.29, 0.717) is 5.95 Å². The minimum Gasteiger partial charge on any atom is -0.367 e. The van der Waals surface area contributed by atoms with Crippen LogP contribution in [0.25, 0.3) is 0 Å². The average Bonchev–Trinajstić information content (AvgIpc) is 2.77. The molecule has 0 radical (unpaired) electrons. The molecule has 0 amide bonds. The molecule has 5 heteroatoms. The molecule has 0 aliphatic rings. The zero-order valence-electron chi connectivity index (χ0n) is 7.64. The number of hydrogen-bond acceptors (Lipinski definition) is 5. The minimum atomic E-state index is 0.404. The summed E-state index contributed by atoms with van der Waals surface area (Å²) < 4.78 is 3.94. The van der Waals surface area contributed by atoms with Crippen LogP contribution in [0.4, 0.5) is 5.95 Å². The Hall–Kier alpha value is -0.940. The summed E-state index contributed by atoms with van der Waals surface area (Å²) in [6.45, 7) is 0. The first-order chi connectivity index (χ1) is 6.84. The van der Waals surface area contributed by atoms with Crippen LogP contribution >= 0.6 is 22.9 Å². The van der Waals surface area contributed by atoms with Crippen LogP contribution in [0.15, 0.2) is 17.5 Å². The van der Waals surface area contributed by atoms with Crippen LogP contribution in [0, 0.1) is 0 Å². The third-order valence-electron chi connectivity index (χ3n) is 1.88. The van der Waals surface area contributed by atoms with Gasteiger partial charge in [-0.25, -0.2) is 4.98 Å². The second-order valence-corrected chi connectivity index (χ2v) is 4.85. The fourth-order valence-electron chi connectivity index (χ4n) is 1.24. The highest BCUT2D eigenvalue weighted by atomic mass is 32.1.